The highest BCUT2D eigenvalue weighted by atomic mass is 32.1. The number of hydrogen-bond acceptors (Lipinski definition) is 5. The molecule has 0 atom stereocenters. The fourth-order valence-corrected chi connectivity index (χ4v) is 4.49. The van der Waals surface area contributed by atoms with Crippen molar-refractivity contribution in [1.29, 1.82) is 0 Å². The van der Waals surface area contributed by atoms with Crippen molar-refractivity contribution in [3.05, 3.63) is 63.8 Å². The van der Waals surface area contributed by atoms with E-state index < -0.39 is 0 Å². The number of anilines is 1. The van der Waals surface area contributed by atoms with Crippen molar-refractivity contribution in [2.24, 2.45) is 0 Å². The predicted molar refractivity (Wildman–Crippen MR) is 113 cm³/mol. The molecule has 7 heteroatoms. The van der Waals surface area contributed by atoms with Crippen LogP contribution in [0.5, 0.6) is 0 Å². The van der Waals surface area contributed by atoms with Crippen molar-refractivity contribution < 1.29 is 4.79 Å². The maximum atomic E-state index is 12.9. The minimum Gasteiger partial charge on any atom is -0.325 e. The second-order valence-corrected chi connectivity index (χ2v) is 7.82. The lowest BCUT2D eigenvalue weighted by Gasteiger charge is -2.08. The van der Waals surface area contributed by atoms with E-state index in [4.69, 9.17) is 0 Å². The minimum absolute atomic E-state index is 0.0863. The van der Waals surface area contributed by atoms with E-state index in [0.29, 0.717) is 15.9 Å². The first kappa shape index (κ1) is 18.3. The molecule has 1 amide bonds. The van der Waals surface area contributed by atoms with Gasteiger partial charge in [0.25, 0.3) is 5.56 Å². The molecule has 3 heterocycles. The lowest BCUT2D eigenvalue weighted by Crippen LogP contribution is -2.27. The summed E-state index contributed by atoms with van der Waals surface area (Å²) in [5, 5.41) is 3.74. The monoisotopic (exact) mass is 392 g/mol. The van der Waals surface area contributed by atoms with Gasteiger partial charge in [-0.2, -0.15) is 0 Å². The highest BCUT2D eigenvalue weighted by molar-refractivity contribution is 7.25. The van der Waals surface area contributed by atoms with Gasteiger partial charge < -0.3 is 5.32 Å². The van der Waals surface area contributed by atoms with Gasteiger partial charge in [-0.25, -0.2) is 9.97 Å². The van der Waals surface area contributed by atoms with E-state index in [2.05, 4.69) is 22.2 Å². The SMILES string of the molecule is CCc1ccc(NC(=O)Cn2cnc3c(sc4nc(C)cc(C)c43)c2=O)cc1. The Morgan fingerprint density at radius 3 is 2.68 bits per heavy atom. The fourth-order valence-electron chi connectivity index (χ4n) is 3.29. The molecule has 28 heavy (non-hydrogen) atoms. The standard InChI is InChI=1S/C21H20N4O2S/c1-4-14-5-7-15(8-6-14)24-16(26)10-25-11-22-18-17-12(2)9-13(3)23-20(17)28-19(18)21(25)27/h5-9,11H,4,10H2,1-3H3,(H,24,26). The molecule has 142 valence electrons. The van der Waals surface area contributed by atoms with Gasteiger partial charge in [-0.1, -0.05) is 19.1 Å². The first-order valence-corrected chi connectivity index (χ1v) is 9.92. The smallest absolute Gasteiger partial charge is 0.271 e. The van der Waals surface area contributed by atoms with Crippen molar-refractivity contribution in [1.82, 2.24) is 14.5 Å². The number of thiophene rings is 1. The second kappa shape index (κ2) is 7.16. The zero-order valence-electron chi connectivity index (χ0n) is 15.9. The zero-order chi connectivity index (χ0) is 19.8. The van der Waals surface area contributed by atoms with Gasteiger partial charge in [-0.15, -0.1) is 11.3 Å². The number of aromatic nitrogens is 3. The summed E-state index contributed by atoms with van der Waals surface area (Å²) in [6.07, 6.45) is 2.38. The van der Waals surface area contributed by atoms with E-state index in [0.717, 1.165) is 27.9 Å². The number of fused-ring (bicyclic) bond motifs is 3. The minimum atomic E-state index is -0.265. The van der Waals surface area contributed by atoms with Crippen LogP contribution >= 0.6 is 11.3 Å². The molecule has 0 spiro atoms. The molecule has 4 aromatic rings. The molecule has 0 saturated heterocycles. The summed E-state index contributed by atoms with van der Waals surface area (Å²) in [5.41, 5.74) is 4.30. The molecule has 4 rings (SSSR count). The number of nitrogens with zero attached hydrogens (tertiary/aromatic N) is 3. The van der Waals surface area contributed by atoms with Crippen molar-refractivity contribution in [3.8, 4) is 0 Å². The van der Waals surface area contributed by atoms with Gasteiger partial charge in [0.05, 0.1) is 11.8 Å². The number of benzene rings is 1. The van der Waals surface area contributed by atoms with Crippen molar-refractivity contribution in [2.75, 3.05) is 5.32 Å². The molecule has 1 N–H and O–H groups in total. The molecule has 6 nitrogen and oxygen atoms in total. The molecule has 0 fully saturated rings. The van der Waals surface area contributed by atoms with Crippen LogP contribution in [0.4, 0.5) is 5.69 Å². The van der Waals surface area contributed by atoms with Crippen molar-refractivity contribution >= 4 is 43.4 Å². The number of amides is 1. The van der Waals surface area contributed by atoms with E-state index in [1.54, 1.807) is 0 Å². The molecule has 0 unspecified atom stereocenters. The van der Waals surface area contributed by atoms with Gasteiger partial charge in [0.15, 0.2) is 0 Å². The van der Waals surface area contributed by atoms with Gasteiger partial charge >= 0.3 is 0 Å². The summed E-state index contributed by atoms with van der Waals surface area (Å²) >= 11 is 1.33. The van der Waals surface area contributed by atoms with E-state index >= 15 is 0 Å². The largest absolute Gasteiger partial charge is 0.325 e. The van der Waals surface area contributed by atoms with Crippen LogP contribution in [0.25, 0.3) is 20.4 Å². The normalized spacial score (nSPS) is 11.2. The van der Waals surface area contributed by atoms with Crippen LogP contribution in [-0.4, -0.2) is 20.4 Å². The fraction of sp³-hybridized carbons (Fsp3) is 0.238. The third-order valence-corrected chi connectivity index (χ3v) is 5.76. The molecule has 0 saturated carbocycles. The number of hydrogen-bond donors (Lipinski definition) is 1. The molecule has 0 aliphatic rings. The predicted octanol–water partition coefficient (Wildman–Crippen LogP) is 3.82. The van der Waals surface area contributed by atoms with Gasteiger partial charge in [0.1, 0.15) is 16.1 Å². The highest BCUT2D eigenvalue weighted by Gasteiger charge is 2.16. The molecule has 0 aliphatic heterocycles. The summed E-state index contributed by atoms with van der Waals surface area (Å²) in [4.78, 5) is 35.1. The highest BCUT2D eigenvalue weighted by Crippen LogP contribution is 2.31. The van der Waals surface area contributed by atoms with Crippen LogP contribution in [-0.2, 0) is 17.8 Å². The first-order valence-electron chi connectivity index (χ1n) is 9.11. The average molecular weight is 392 g/mol. The van der Waals surface area contributed by atoms with E-state index in [-0.39, 0.29) is 18.0 Å². The Labute approximate surface area is 165 Å². The number of carbonyl (C=O) groups excluding carboxylic acids is 1. The van der Waals surface area contributed by atoms with E-state index in [9.17, 15) is 9.59 Å². The molecule has 0 bridgehead atoms. The number of rotatable bonds is 4. The van der Waals surface area contributed by atoms with E-state index in [1.807, 2.05) is 44.2 Å². The number of nitrogens with one attached hydrogen (secondary N) is 1. The molecule has 3 aromatic heterocycles. The Kier molecular flexibility index (Phi) is 4.68. The molecular weight excluding hydrogens is 372 g/mol. The molecule has 0 radical (unpaired) electrons. The number of aryl methyl sites for hydroxylation is 3. The molecular formula is C21H20N4O2S. The van der Waals surface area contributed by atoms with Gasteiger partial charge in [0, 0.05) is 16.8 Å². The van der Waals surface area contributed by atoms with Crippen molar-refractivity contribution in [3.63, 3.8) is 0 Å². The quantitative estimate of drug-likeness (QED) is 0.573. The summed E-state index contributed by atoms with van der Waals surface area (Å²) in [5.74, 6) is -0.265. The number of pyridine rings is 1. The summed E-state index contributed by atoms with van der Waals surface area (Å²) < 4.78 is 1.87. The first-order chi connectivity index (χ1) is 13.5. The van der Waals surface area contributed by atoms with Crippen molar-refractivity contribution in [2.45, 2.75) is 33.7 Å². The lowest BCUT2D eigenvalue weighted by molar-refractivity contribution is -0.116. The third kappa shape index (κ3) is 3.29. The van der Waals surface area contributed by atoms with E-state index in [1.165, 1.54) is 27.8 Å². The Morgan fingerprint density at radius 2 is 1.96 bits per heavy atom. The maximum absolute atomic E-state index is 12.9. The summed E-state index contributed by atoms with van der Waals surface area (Å²) in [7, 11) is 0. The van der Waals surface area contributed by atoms with Crippen LogP contribution in [0.15, 0.2) is 41.5 Å². The maximum Gasteiger partial charge on any atom is 0.271 e. The van der Waals surface area contributed by atoms with Crippen LogP contribution in [0.2, 0.25) is 0 Å². The number of carbonyl (C=O) groups is 1. The van der Waals surface area contributed by atoms with Crippen LogP contribution in [0.3, 0.4) is 0 Å². The van der Waals surface area contributed by atoms with Crippen LogP contribution in [0, 0.1) is 13.8 Å². The Balaban J connectivity index is 1.64. The zero-order valence-corrected chi connectivity index (χ0v) is 16.8. The van der Waals surface area contributed by atoms with Gasteiger partial charge in [-0.3, -0.25) is 14.2 Å². The van der Waals surface area contributed by atoms with Crippen LogP contribution in [0.1, 0.15) is 23.7 Å². The summed E-state index contributed by atoms with van der Waals surface area (Å²) in [6.45, 7) is 5.92. The lowest BCUT2D eigenvalue weighted by atomic mass is 10.1. The topological polar surface area (TPSA) is 76.9 Å². The Morgan fingerprint density at radius 1 is 1.21 bits per heavy atom. The third-order valence-electron chi connectivity index (χ3n) is 4.70. The average Bonchev–Trinajstić information content (AvgIpc) is 3.04. The van der Waals surface area contributed by atoms with Crippen LogP contribution < -0.4 is 10.9 Å². The van der Waals surface area contributed by atoms with Gasteiger partial charge in [0.2, 0.25) is 5.91 Å². The van der Waals surface area contributed by atoms with Gasteiger partial charge in [-0.05, 0) is 49.6 Å². The molecule has 0 aliphatic carbocycles. The summed E-state index contributed by atoms with van der Waals surface area (Å²) in [6, 6.07) is 9.67. The Hall–Kier alpha value is -3.06. The molecule has 1 aromatic carbocycles. The Bertz CT molecular complexity index is 1260. The second-order valence-electron chi connectivity index (χ2n) is 6.82.